The predicted octanol–water partition coefficient (Wildman–Crippen LogP) is 0.00170. The van der Waals surface area contributed by atoms with E-state index >= 15 is 0 Å². The first-order chi connectivity index (χ1) is 6.68. The minimum atomic E-state index is -3.09. The highest BCUT2D eigenvalue weighted by molar-refractivity contribution is 7.93. The first-order valence-corrected chi connectivity index (χ1v) is 6.54. The summed E-state index contributed by atoms with van der Waals surface area (Å²) in [5.74, 6) is -1.10. The van der Waals surface area contributed by atoms with Crippen LogP contribution in [0.4, 0.5) is 0 Å². The van der Waals surface area contributed by atoms with Gasteiger partial charge in [0.05, 0.1) is 10.5 Å². The van der Waals surface area contributed by atoms with Gasteiger partial charge in [-0.1, -0.05) is 0 Å². The molecule has 1 aliphatic heterocycles. The van der Waals surface area contributed by atoms with Crippen LogP contribution in [0.2, 0.25) is 0 Å². The largest absolute Gasteiger partial charge is 0.480 e. The van der Waals surface area contributed by atoms with Crippen LogP contribution < -0.4 is 5.73 Å². The molecule has 0 bridgehead atoms. The standard InChI is InChI=1S/C9H17NO4S/c1-9(2)6(3-4-15(9,13)14)5-7(10)8(11)12/h6-7H,3-5,10H2,1-2H3,(H,11,12). The van der Waals surface area contributed by atoms with E-state index in [0.29, 0.717) is 6.42 Å². The molecule has 88 valence electrons. The molecule has 0 saturated carbocycles. The quantitative estimate of drug-likeness (QED) is 0.717. The van der Waals surface area contributed by atoms with Crippen molar-refractivity contribution in [3.05, 3.63) is 0 Å². The van der Waals surface area contributed by atoms with Gasteiger partial charge in [0.2, 0.25) is 0 Å². The van der Waals surface area contributed by atoms with Crippen molar-refractivity contribution in [1.29, 1.82) is 0 Å². The van der Waals surface area contributed by atoms with Crippen molar-refractivity contribution < 1.29 is 18.3 Å². The summed E-state index contributed by atoms with van der Waals surface area (Å²) in [5.41, 5.74) is 5.41. The maximum Gasteiger partial charge on any atom is 0.320 e. The van der Waals surface area contributed by atoms with Gasteiger partial charge in [0.15, 0.2) is 9.84 Å². The fourth-order valence-electron chi connectivity index (χ4n) is 1.97. The second-order valence-corrected chi connectivity index (χ2v) is 7.28. The Balaban J connectivity index is 2.79. The summed E-state index contributed by atoms with van der Waals surface area (Å²) in [4.78, 5) is 10.6. The highest BCUT2D eigenvalue weighted by Crippen LogP contribution is 2.39. The number of carboxylic acids is 1. The maximum atomic E-state index is 11.7. The number of hydrogen-bond donors (Lipinski definition) is 2. The van der Waals surface area contributed by atoms with Crippen LogP contribution in [0.1, 0.15) is 26.7 Å². The number of sulfone groups is 1. The van der Waals surface area contributed by atoms with Gasteiger partial charge in [0, 0.05) is 0 Å². The Morgan fingerprint density at radius 3 is 2.47 bits per heavy atom. The molecule has 1 aliphatic rings. The Morgan fingerprint density at radius 2 is 2.13 bits per heavy atom. The summed E-state index contributed by atoms with van der Waals surface area (Å²) in [5, 5.41) is 8.67. The smallest absolute Gasteiger partial charge is 0.320 e. The SMILES string of the molecule is CC1(C)C(CC(N)C(=O)O)CCS1(=O)=O. The summed E-state index contributed by atoms with van der Waals surface area (Å²) in [6.45, 7) is 3.29. The van der Waals surface area contributed by atoms with Gasteiger partial charge < -0.3 is 10.8 Å². The third kappa shape index (κ3) is 2.15. The van der Waals surface area contributed by atoms with Crippen molar-refractivity contribution in [2.75, 3.05) is 5.75 Å². The molecule has 6 heteroatoms. The van der Waals surface area contributed by atoms with Crippen LogP contribution in [0.15, 0.2) is 0 Å². The van der Waals surface area contributed by atoms with Gasteiger partial charge in [-0.3, -0.25) is 4.79 Å². The van der Waals surface area contributed by atoms with Gasteiger partial charge in [-0.2, -0.15) is 0 Å². The fourth-order valence-corrected chi connectivity index (χ4v) is 3.81. The summed E-state index contributed by atoms with van der Waals surface area (Å²) in [7, 11) is -3.09. The highest BCUT2D eigenvalue weighted by atomic mass is 32.2. The van der Waals surface area contributed by atoms with E-state index in [1.54, 1.807) is 13.8 Å². The third-order valence-electron chi connectivity index (χ3n) is 3.38. The van der Waals surface area contributed by atoms with Crippen molar-refractivity contribution in [3.63, 3.8) is 0 Å². The number of carbonyl (C=O) groups is 1. The van der Waals surface area contributed by atoms with Crippen LogP contribution >= 0.6 is 0 Å². The summed E-state index contributed by atoms with van der Waals surface area (Å²) >= 11 is 0. The first kappa shape index (κ1) is 12.4. The maximum absolute atomic E-state index is 11.7. The van der Waals surface area contributed by atoms with Crippen LogP contribution in [0.3, 0.4) is 0 Å². The number of rotatable bonds is 3. The Bertz CT molecular complexity index is 360. The molecule has 5 nitrogen and oxygen atoms in total. The zero-order valence-corrected chi connectivity index (χ0v) is 9.75. The van der Waals surface area contributed by atoms with E-state index in [1.165, 1.54) is 0 Å². The van der Waals surface area contributed by atoms with Crippen LogP contribution in [-0.2, 0) is 14.6 Å². The molecule has 0 aromatic rings. The fraction of sp³-hybridized carbons (Fsp3) is 0.889. The van der Waals surface area contributed by atoms with Gasteiger partial charge in [-0.15, -0.1) is 0 Å². The lowest BCUT2D eigenvalue weighted by Gasteiger charge is -2.26. The lowest BCUT2D eigenvalue weighted by molar-refractivity contribution is -0.139. The molecule has 0 spiro atoms. The molecule has 1 saturated heterocycles. The molecule has 1 heterocycles. The minimum Gasteiger partial charge on any atom is -0.480 e. The second kappa shape index (κ2) is 3.75. The van der Waals surface area contributed by atoms with E-state index in [4.69, 9.17) is 10.8 Å². The van der Waals surface area contributed by atoms with Gasteiger partial charge in [0.25, 0.3) is 0 Å². The average molecular weight is 235 g/mol. The van der Waals surface area contributed by atoms with Crippen LogP contribution in [-0.4, -0.2) is 36.0 Å². The molecule has 3 N–H and O–H groups in total. The zero-order chi connectivity index (χ0) is 11.9. The van der Waals surface area contributed by atoms with E-state index in [-0.39, 0.29) is 18.1 Å². The Labute approximate surface area is 89.6 Å². The van der Waals surface area contributed by atoms with E-state index in [2.05, 4.69) is 0 Å². The average Bonchev–Trinajstić information content (AvgIpc) is 2.27. The molecule has 0 radical (unpaired) electrons. The molecule has 0 aliphatic carbocycles. The molecule has 0 amide bonds. The van der Waals surface area contributed by atoms with E-state index < -0.39 is 26.6 Å². The van der Waals surface area contributed by atoms with Gasteiger partial charge >= 0.3 is 5.97 Å². The summed E-state index contributed by atoms with van der Waals surface area (Å²) < 4.78 is 22.5. The Kier molecular flexibility index (Phi) is 3.11. The monoisotopic (exact) mass is 235 g/mol. The van der Waals surface area contributed by atoms with E-state index in [1.807, 2.05) is 0 Å². The highest BCUT2D eigenvalue weighted by Gasteiger charge is 2.48. The van der Waals surface area contributed by atoms with Crippen molar-refractivity contribution >= 4 is 15.8 Å². The number of carboxylic acid groups (broad SMARTS) is 1. The van der Waals surface area contributed by atoms with Crippen molar-refractivity contribution in [1.82, 2.24) is 0 Å². The normalized spacial score (nSPS) is 29.9. The van der Waals surface area contributed by atoms with E-state index in [9.17, 15) is 13.2 Å². The van der Waals surface area contributed by atoms with Gasteiger partial charge in [-0.05, 0) is 32.6 Å². The molecule has 1 rings (SSSR count). The molecule has 2 unspecified atom stereocenters. The lowest BCUT2D eigenvalue weighted by atomic mass is 9.87. The zero-order valence-electron chi connectivity index (χ0n) is 8.93. The number of hydrogen-bond acceptors (Lipinski definition) is 4. The van der Waals surface area contributed by atoms with Crippen molar-refractivity contribution in [3.8, 4) is 0 Å². The molecule has 1 fully saturated rings. The molecular formula is C9H17NO4S. The van der Waals surface area contributed by atoms with Crippen molar-refractivity contribution in [2.45, 2.75) is 37.5 Å². The molecular weight excluding hydrogens is 218 g/mol. The Morgan fingerprint density at radius 1 is 1.60 bits per heavy atom. The second-order valence-electron chi connectivity index (χ2n) is 4.59. The number of nitrogens with two attached hydrogens (primary N) is 1. The molecule has 0 aromatic carbocycles. The number of aliphatic carboxylic acids is 1. The summed E-state index contributed by atoms with van der Waals surface area (Å²) in [6.07, 6.45) is 0.734. The van der Waals surface area contributed by atoms with Gasteiger partial charge in [-0.25, -0.2) is 8.42 Å². The van der Waals surface area contributed by atoms with Crippen LogP contribution in [0, 0.1) is 5.92 Å². The molecule has 2 atom stereocenters. The summed E-state index contributed by atoms with van der Waals surface area (Å²) in [6, 6.07) is -0.970. The van der Waals surface area contributed by atoms with Gasteiger partial charge in [0.1, 0.15) is 6.04 Å². The molecule has 0 aromatic heterocycles. The first-order valence-electron chi connectivity index (χ1n) is 4.89. The topological polar surface area (TPSA) is 97.5 Å². The Hall–Kier alpha value is -0.620. The van der Waals surface area contributed by atoms with E-state index in [0.717, 1.165) is 0 Å². The lowest BCUT2D eigenvalue weighted by Crippen LogP contribution is -2.39. The predicted molar refractivity (Wildman–Crippen MR) is 56.2 cm³/mol. The van der Waals surface area contributed by atoms with Crippen molar-refractivity contribution in [2.24, 2.45) is 11.7 Å². The third-order valence-corrected chi connectivity index (χ3v) is 6.09. The molecule has 15 heavy (non-hydrogen) atoms. The van der Waals surface area contributed by atoms with Crippen LogP contribution in [0.25, 0.3) is 0 Å². The van der Waals surface area contributed by atoms with Crippen LogP contribution in [0.5, 0.6) is 0 Å². The minimum absolute atomic E-state index is 0.136.